The summed E-state index contributed by atoms with van der Waals surface area (Å²) >= 11 is 1.36. The van der Waals surface area contributed by atoms with Crippen molar-refractivity contribution in [3.63, 3.8) is 0 Å². The number of amides is 1. The molecule has 6 nitrogen and oxygen atoms in total. The summed E-state index contributed by atoms with van der Waals surface area (Å²) in [5.41, 5.74) is 3.12. The van der Waals surface area contributed by atoms with E-state index in [2.05, 4.69) is 18.0 Å². The Morgan fingerprint density at radius 2 is 1.77 bits per heavy atom. The van der Waals surface area contributed by atoms with E-state index in [-0.39, 0.29) is 11.3 Å². The minimum absolute atomic E-state index is 0.0406. The SMILES string of the molecule is CCOc1ccc([C@H]2C(=C(O)c3ccccc3)C(=O)C(=O)N2c2nc3ccc(CC)cc3s2)cc1. The second-order valence-electron chi connectivity index (χ2n) is 8.19. The summed E-state index contributed by atoms with van der Waals surface area (Å²) in [5.74, 6) is -0.974. The van der Waals surface area contributed by atoms with Crippen LogP contribution in [0.5, 0.6) is 5.75 Å². The van der Waals surface area contributed by atoms with Crippen LogP contribution in [0, 0.1) is 0 Å². The quantitative estimate of drug-likeness (QED) is 0.210. The molecule has 0 aliphatic carbocycles. The van der Waals surface area contributed by atoms with E-state index >= 15 is 0 Å². The molecule has 7 heteroatoms. The summed E-state index contributed by atoms with van der Waals surface area (Å²) in [5, 5.41) is 11.6. The van der Waals surface area contributed by atoms with Crippen LogP contribution in [-0.4, -0.2) is 28.4 Å². The number of aryl methyl sites for hydroxylation is 1. The van der Waals surface area contributed by atoms with Gasteiger partial charge in [-0.2, -0.15) is 0 Å². The first-order valence-electron chi connectivity index (χ1n) is 11.5. The van der Waals surface area contributed by atoms with Gasteiger partial charge in [-0.1, -0.05) is 66.8 Å². The van der Waals surface area contributed by atoms with Crippen molar-refractivity contribution in [1.82, 2.24) is 4.98 Å². The van der Waals surface area contributed by atoms with Crippen LogP contribution in [0.2, 0.25) is 0 Å². The lowest BCUT2D eigenvalue weighted by Crippen LogP contribution is -2.29. The van der Waals surface area contributed by atoms with E-state index in [1.54, 1.807) is 36.4 Å². The van der Waals surface area contributed by atoms with E-state index in [1.165, 1.54) is 21.8 Å². The fourth-order valence-corrected chi connectivity index (χ4v) is 5.35. The van der Waals surface area contributed by atoms with Crippen molar-refractivity contribution in [2.24, 2.45) is 0 Å². The van der Waals surface area contributed by atoms with Crippen molar-refractivity contribution in [2.45, 2.75) is 26.3 Å². The average molecular weight is 485 g/mol. The number of thiazole rings is 1. The maximum Gasteiger partial charge on any atom is 0.301 e. The molecule has 5 rings (SSSR count). The van der Waals surface area contributed by atoms with Gasteiger partial charge in [0.1, 0.15) is 11.5 Å². The number of fused-ring (bicyclic) bond motifs is 1. The minimum Gasteiger partial charge on any atom is -0.507 e. The van der Waals surface area contributed by atoms with E-state index in [0.717, 1.165) is 16.6 Å². The molecule has 0 saturated carbocycles. The monoisotopic (exact) mass is 484 g/mol. The predicted octanol–water partition coefficient (Wildman–Crippen LogP) is 5.88. The molecular weight excluding hydrogens is 460 g/mol. The van der Waals surface area contributed by atoms with Gasteiger partial charge in [0, 0.05) is 5.56 Å². The van der Waals surface area contributed by atoms with Crippen molar-refractivity contribution in [3.05, 3.63) is 95.1 Å². The highest BCUT2D eigenvalue weighted by atomic mass is 32.1. The van der Waals surface area contributed by atoms with E-state index in [0.29, 0.717) is 28.6 Å². The third-order valence-corrected chi connectivity index (χ3v) is 7.07. The van der Waals surface area contributed by atoms with Crippen LogP contribution in [0.1, 0.15) is 36.6 Å². The Bertz CT molecular complexity index is 1440. The fourth-order valence-electron chi connectivity index (χ4n) is 4.29. The number of carbonyl (C=O) groups excluding carboxylic acids is 2. The number of aliphatic hydroxyl groups excluding tert-OH is 1. The third-order valence-electron chi connectivity index (χ3n) is 6.05. The maximum atomic E-state index is 13.4. The molecule has 0 spiro atoms. The predicted molar refractivity (Wildman–Crippen MR) is 138 cm³/mol. The molecular formula is C28H24N2O4S. The normalized spacial score (nSPS) is 17.3. The Balaban J connectivity index is 1.69. The summed E-state index contributed by atoms with van der Waals surface area (Å²) < 4.78 is 6.50. The lowest BCUT2D eigenvalue weighted by atomic mass is 9.95. The molecule has 1 saturated heterocycles. The molecule has 1 N–H and O–H groups in total. The number of hydrogen-bond donors (Lipinski definition) is 1. The highest BCUT2D eigenvalue weighted by molar-refractivity contribution is 7.22. The standard InChI is InChI=1S/C28H24N2O4S/c1-3-17-10-15-21-22(16-17)35-28(29-21)30-24(18-11-13-20(14-12-18)34-4-2)23(26(32)27(30)33)25(31)19-8-6-5-7-9-19/h5-16,24,31H,3-4H2,1-2H3/t24-/m0/s1. The molecule has 1 aliphatic rings. The highest BCUT2D eigenvalue weighted by Gasteiger charge is 2.48. The Hall–Kier alpha value is -3.97. The number of nitrogens with zero attached hydrogens (tertiary/aromatic N) is 2. The van der Waals surface area contributed by atoms with Gasteiger partial charge in [0.2, 0.25) is 0 Å². The zero-order chi connectivity index (χ0) is 24.5. The van der Waals surface area contributed by atoms with Crippen LogP contribution >= 0.6 is 11.3 Å². The van der Waals surface area contributed by atoms with Crippen LogP contribution < -0.4 is 9.64 Å². The van der Waals surface area contributed by atoms with Gasteiger partial charge in [0.05, 0.1) is 28.4 Å². The van der Waals surface area contributed by atoms with Gasteiger partial charge in [-0.25, -0.2) is 4.98 Å². The first-order valence-corrected chi connectivity index (χ1v) is 12.3. The van der Waals surface area contributed by atoms with Crippen molar-refractivity contribution in [1.29, 1.82) is 0 Å². The Morgan fingerprint density at radius 3 is 2.46 bits per heavy atom. The number of hydrogen-bond acceptors (Lipinski definition) is 6. The van der Waals surface area contributed by atoms with E-state index in [4.69, 9.17) is 4.74 Å². The van der Waals surface area contributed by atoms with Crippen LogP contribution in [0.15, 0.2) is 78.4 Å². The van der Waals surface area contributed by atoms with Gasteiger partial charge in [-0.3, -0.25) is 14.5 Å². The molecule has 1 fully saturated rings. The minimum atomic E-state index is -0.822. The summed E-state index contributed by atoms with van der Waals surface area (Å²) in [4.78, 5) is 32.8. The fraction of sp³-hybridized carbons (Fsp3) is 0.179. The lowest BCUT2D eigenvalue weighted by molar-refractivity contribution is -0.132. The number of aromatic nitrogens is 1. The molecule has 35 heavy (non-hydrogen) atoms. The number of ketones is 1. The number of carbonyl (C=O) groups is 2. The molecule has 0 radical (unpaired) electrons. The van der Waals surface area contributed by atoms with Crippen molar-refractivity contribution in [3.8, 4) is 5.75 Å². The number of anilines is 1. The molecule has 176 valence electrons. The lowest BCUT2D eigenvalue weighted by Gasteiger charge is -2.23. The number of rotatable bonds is 6. The van der Waals surface area contributed by atoms with Gasteiger partial charge in [-0.05, 0) is 48.7 Å². The molecule has 1 aliphatic heterocycles. The molecule has 3 aromatic carbocycles. The number of benzene rings is 3. The summed E-state index contributed by atoms with van der Waals surface area (Å²) in [7, 11) is 0. The first kappa shape index (κ1) is 22.8. The van der Waals surface area contributed by atoms with Gasteiger partial charge >= 0.3 is 5.91 Å². The Kier molecular flexibility index (Phi) is 6.09. The van der Waals surface area contributed by atoms with Gasteiger partial charge in [0.25, 0.3) is 5.78 Å². The number of ether oxygens (including phenoxy) is 1. The Labute approximate surface area is 207 Å². The average Bonchev–Trinajstić information content (AvgIpc) is 3.42. The second kappa shape index (κ2) is 9.35. The number of aliphatic hydroxyl groups is 1. The van der Waals surface area contributed by atoms with Crippen molar-refractivity contribution in [2.75, 3.05) is 11.5 Å². The molecule has 1 atom stereocenters. The molecule has 0 unspecified atom stereocenters. The summed E-state index contributed by atoms with van der Waals surface area (Å²) in [6.45, 7) is 4.51. The molecule has 0 bridgehead atoms. The van der Waals surface area contributed by atoms with Crippen LogP contribution in [0.25, 0.3) is 16.0 Å². The van der Waals surface area contributed by atoms with Gasteiger partial charge in [0.15, 0.2) is 5.13 Å². The van der Waals surface area contributed by atoms with Gasteiger partial charge < -0.3 is 9.84 Å². The van der Waals surface area contributed by atoms with E-state index < -0.39 is 17.7 Å². The molecule has 1 aromatic heterocycles. The molecule has 1 amide bonds. The zero-order valence-electron chi connectivity index (χ0n) is 19.4. The number of Topliss-reactive ketones (excluding diaryl/α,β-unsaturated/α-hetero) is 1. The van der Waals surface area contributed by atoms with Crippen LogP contribution in [-0.2, 0) is 16.0 Å². The van der Waals surface area contributed by atoms with E-state index in [1.807, 2.05) is 37.3 Å². The maximum absolute atomic E-state index is 13.4. The topological polar surface area (TPSA) is 79.7 Å². The zero-order valence-corrected chi connectivity index (χ0v) is 20.2. The largest absolute Gasteiger partial charge is 0.507 e. The summed E-state index contributed by atoms with van der Waals surface area (Å²) in [6.07, 6.45) is 0.886. The van der Waals surface area contributed by atoms with Crippen molar-refractivity contribution >= 4 is 44.1 Å². The second-order valence-corrected chi connectivity index (χ2v) is 9.20. The van der Waals surface area contributed by atoms with Crippen LogP contribution in [0.4, 0.5) is 5.13 Å². The Morgan fingerprint density at radius 1 is 1.03 bits per heavy atom. The van der Waals surface area contributed by atoms with Crippen molar-refractivity contribution < 1.29 is 19.4 Å². The summed E-state index contributed by atoms with van der Waals surface area (Å²) in [6, 6.07) is 21.2. The third kappa shape index (κ3) is 4.08. The van der Waals surface area contributed by atoms with E-state index in [9.17, 15) is 14.7 Å². The molecule has 2 heterocycles. The first-order chi connectivity index (χ1) is 17.0. The smallest absolute Gasteiger partial charge is 0.301 e. The molecule has 4 aromatic rings. The van der Waals surface area contributed by atoms with Gasteiger partial charge in [-0.15, -0.1) is 0 Å². The van der Waals surface area contributed by atoms with Crippen LogP contribution in [0.3, 0.4) is 0 Å². The highest BCUT2D eigenvalue weighted by Crippen LogP contribution is 2.44.